The number of rotatable bonds is 8. The van der Waals surface area contributed by atoms with E-state index in [1.807, 2.05) is 0 Å². The van der Waals surface area contributed by atoms with Crippen LogP contribution in [0.4, 0.5) is 15.9 Å². The van der Waals surface area contributed by atoms with Crippen LogP contribution in [0.3, 0.4) is 0 Å². The molecule has 3 rings (SSSR count). The van der Waals surface area contributed by atoms with Crippen molar-refractivity contribution >= 4 is 41.1 Å². The molecule has 1 saturated heterocycles. The second-order valence-electron chi connectivity index (χ2n) is 7.45. The van der Waals surface area contributed by atoms with Crippen LogP contribution in [0.1, 0.15) is 24.2 Å². The zero-order valence-corrected chi connectivity index (χ0v) is 19.4. The minimum Gasteiger partial charge on any atom is -0.462 e. The van der Waals surface area contributed by atoms with Crippen LogP contribution >= 0.6 is 11.8 Å². The third-order valence-electron chi connectivity index (χ3n) is 5.11. The highest BCUT2D eigenvalue weighted by molar-refractivity contribution is 8.01. The fourth-order valence-electron chi connectivity index (χ4n) is 3.32. The topological polar surface area (TPSA) is 91.8 Å². The Bertz CT molecular complexity index is 963. The van der Waals surface area contributed by atoms with Gasteiger partial charge in [-0.15, -0.1) is 11.8 Å². The van der Waals surface area contributed by atoms with Crippen molar-refractivity contribution in [1.82, 2.24) is 9.88 Å². The quantitative estimate of drug-likeness (QED) is 0.588. The molecule has 1 unspecified atom stereocenters. The summed E-state index contributed by atoms with van der Waals surface area (Å²) in [6, 6.07) is 9.00. The summed E-state index contributed by atoms with van der Waals surface area (Å²) in [4.78, 5) is 44.8. The van der Waals surface area contributed by atoms with Gasteiger partial charge in [0, 0.05) is 38.1 Å². The van der Waals surface area contributed by atoms with Crippen molar-refractivity contribution in [2.45, 2.75) is 19.1 Å². The first-order valence-electron chi connectivity index (χ1n) is 10.7. The number of benzene rings is 1. The molecule has 1 aliphatic rings. The Morgan fingerprint density at radius 3 is 2.42 bits per heavy atom. The summed E-state index contributed by atoms with van der Waals surface area (Å²) in [7, 11) is 0. The van der Waals surface area contributed by atoms with Gasteiger partial charge < -0.3 is 19.9 Å². The molecule has 1 aliphatic heterocycles. The number of aromatic nitrogens is 1. The first-order valence-corrected chi connectivity index (χ1v) is 11.8. The molecule has 0 bridgehead atoms. The Kier molecular flexibility index (Phi) is 8.65. The molecule has 0 aliphatic carbocycles. The first-order chi connectivity index (χ1) is 15.9. The van der Waals surface area contributed by atoms with Crippen molar-refractivity contribution < 1.29 is 23.5 Å². The summed E-state index contributed by atoms with van der Waals surface area (Å²) < 4.78 is 17.9. The second kappa shape index (κ2) is 11.6. The van der Waals surface area contributed by atoms with Crippen LogP contribution in [0, 0.1) is 5.82 Å². The zero-order chi connectivity index (χ0) is 23.8. The van der Waals surface area contributed by atoms with E-state index in [1.54, 1.807) is 30.9 Å². The van der Waals surface area contributed by atoms with Gasteiger partial charge in [-0.3, -0.25) is 9.59 Å². The molecule has 1 aromatic carbocycles. The maximum Gasteiger partial charge on any atom is 0.339 e. The Morgan fingerprint density at radius 2 is 1.82 bits per heavy atom. The Hall–Kier alpha value is -3.14. The van der Waals surface area contributed by atoms with Crippen molar-refractivity contribution in [3.05, 3.63) is 54.0 Å². The van der Waals surface area contributed by atoms with E-state index in [9.17, 15) is 18.8 Å². The van der Waals surface area contributed by atoms with Gasteiger partial charge in [-0.25, -0.2) is 14.2 Å². The molecule has 176 valence electrons. The lowest BCUT2D eigenvalue weighted by Gasteiger charge is -2.36. The Balaban J connectivity index is 1.43. The number of nitrogens with zero attached hydrogens (tertiary/aromatic N) is 3. The van der Waals surface area contributed by atoms with Gasteiger partial charge in [0.25, 0.3) is 0 Å². The normalized spacial score (nSPS) is 14.5. The average Bonchev–Trinajstić information content (AvgIpc) is 2.84. The number of amides is 2. The molecule has 2 amide bonds. The lowest BCUT2D eigenvalue weighted by Crippen LogP contribution is -2.51. The number of piperazine rings is 1. The zero-order valence-electron chi connectivity index (χ0n) is 18.6. The van der Waals surface area contributed by atoms with E-state index >= 15 is 0 Å². The smallest absolute Gasteiger partial charge is 0.339 e. The molecule has 1 atom stereocenters. The molecular weight excluding hydrogens is 447 g/mol. The number of hydrogen-bond acceptors (Lipinski definition) is 7. The number of thioether (sulfide) groups is 1. The molecule has 10 heteroatoms. The van der Waals surface area contributed by atoms with Crippen molar-refractivity contribution in [1.29, 1.82) is 0 Å². The number of ether oxygens (including phenoxy) is 1. The number of halogens is 1. The summed E-state index contributed by atoms with van der Waals surface area (Å²) in [5, 5.41) is 2.33. The molecule has 2 aromatic rings. The van der Waals surface area contributed by atoms with Crippen LogP contribution in [0.25, 0.3) is 0 Å². The van der Waals surface area contributed by atoms with Gasteiger partial charge in [0.05, 0.1) is 23.2 Å². The highest BCUT2D eigenvalue weighted by atomic mass is 32.2. The largest absolute Gasteiger partial charge is 0.462 e. The van der Waals surface area contributed by atoms with E-state index in [1.165, 1.54) is 42.2 Å². The van der Waals surface area contributed by atoms with Crippen LogP contribution in [0.2, 0.25) is 0 Å². The van der Waals surface area contributed by atoms with Gasteiger partial charge in [-0.05, 0) is 50.2 Å². The second-order valence-corrected chi connectivity index (χ2v) is 8.78. The SMILES string of the molecule is CCOC(=O)c1ccc(N2CCN(C(=O)C(C)SCC(=O)Nc3ccc(F)cc3)CC2)nc1. The third-order valence-corrected chi connectivity index (χ3v) is 6.25. The highest BCUT2D eigenvalue weighted by Crippen LogP contribution is 2.19. The summed E-state index contributed by atoms with van der Waals surface area (Å²) >= 11 is 1.27. The number of carbonyl (C=O) groups excluding carboxylic acids is 3. The molecule has 0 saturated carbocycles. The monoisotopic (exact) mass is 474 g/mol. The highest BCUT2D eigenvalue weighted by Gasteiger charge is 2.26. The van der Waals surface area contributed by atoms with E-state index in [-0.39, 0.29) is 28.6 Å². The fourth-order valence-corrected chi connectivity index (χ4v) is 4.09. The van der Waals surface area contributed by atoms with E-state index in [0.717, 1.165) is 5.82 Å². The molecule has 1 N–H and O–H groups in total. The van der Waals surface area contributed by atoms with Crippen LogP contribution in [0.15, 0.2) is 42.6 Å². The van der Waals surface area contributed by atoms with Gasteiger partial charge >= 0.3 is 5.97 Å². The predicted octanol–water partition coefficient (Wildman–Crippen LogP) is 2.81. The molecule has 8 nitrogen and oxygen atoms in total. The minimum absolute atomic E-state index is 0.0140. The predicted molar refractivity (Wildman–Crippen MR) is 126 cm³/mol. The number of anilines is 2. The van der Waals surface area contributed by atoms with E-state index in [4.69, 9.17) is 4.74 Å². The lowest BCUT2D eigenvalue weighted by atomic mass is 10.2. The molecule has 0 spiro atoms. The molecule has 2 heterocycles. The fraction of sp³-hybridized carbons (Fsp3) is 0.391. The van der Waals surface area contributed by atoms with Crippen molar-refractivity contribution in [2.24, 2.45) is 0 Å². The van der Waals surface area contributed by atoms with Crippen LogP contribution < -0.4 is 10.2 Å². The van der Waals surface area contributed by atoms with Crippen LogP contribution in [-0.2, 0) is 14.3 Å². The third kappa shape index (κ3) is 6.92. The molecule has 33 heavy (non-hydrogen) atoms. The standard InChI is InChI=1S/C23H27FN4O4S/c1-3-32-23(31)17-4-9-20(25-14-17)27-10-12-28(13-11-27)22(30)16(2)33-15-21(29)26-19-7-5-18(24)6-8-19/h4-9,14,16H,3,10-13,15H2,1-2H3,(H,26,29). The molecule has 0 radical (unpaired) electrons. The van der Waals surface area contributed by atoms with E-state index in [0.29, 0.717) is 44.0 Å². The minimum atomic E-state index is -0.398. The van der Waals surface area contributed by atoms with Gasteiger partial charge in [0.1, 0.15) is 11.6 Å². The van der Waals surface area contributed by atoms with Gasteiger partial charge in [0.2, 0.25) is 11.8 Å². The van der Waals surface area contributed by atoms with Crippen LogP contribution in [-0.4, -0.2) is 71.5 Å². The number of pyridine rings is 1. The summed E-state index contributed by atoms with van der Waals surface area (Å²) in [6.45, 7) is 6.20. The van der Waals surface area contributed by atoms with Gasteiger partial charge in [0.15, 0.2) is 0 Å². The van der Waals surface area contributed by atoms with Crippen molar-refractivity contribution in [3.63, 3.8) is 0 Å². The number of esters is 1. The Morgan fingerprint density at radius 1 is 1.12 bits per heavy atom. The maximum atomic E-state index is 13.0. The number of hydrogen-bond donors (Lipinski definition) is 1. The number of carbonyl (C=O) groups is 3. The number of nitrogens with one attached hydrogen (secondary N) is 1. The summed E-state index contributed by atoms with van der Waals surface area (Å²) in [5.41, 5.74) is 0.921. The molecular formula is C23H27FN4O4S. The lowest BCUT2D eigenvalue weighted by molar-refractivity contribution is -0.130. The molecule has 1 fully saturated rings. The van der Waals surface area contributed by atoms with Gasteiger partial charge in [-0.2, -0.15) is 0 Å². The van der Waals surface area contributed by atoms with Crippen molar-refractivity contribution in [2.75, 3.05) is 48.8 Å². The summed E-state index contributed by atoms with van der Waals surface area (Å²) in [6.07, 6.45) is 1.50. The Labute approximate surface area is 196 Å². The first kappa shape index (κ1) is 24.5. The maximum absolute atomic E-state index is 13.0. The van der Waals surface area contributed by atoms with Crippen LogP contribution in [0.5, 0.6) is 0 Å². The van der Waals surface area contributed by atoms with E-state index < -0.39 is 5.97 Å². The summed E-state index contributed by atoms with van der Waals surface area (Å²) in [5.74, 6) is -0.152. The van der Waals surface area contributed by atoms with E-state index in [2.05, 4.69) is 15.2 Å². The van der Waals surface area contributed by atoms with Gasteiger partial charge in [-0.1, -0.05) is 0 Å². The van der Waals surface area contributed by atoms with Crippen molar-refractivity contribution in [3.8, 4) is 0 Å². The average molecular weight is 475 g/mol. The molecule has 1 aromatic heterocycles.